The summed E-state index contributed by atoms with van der Waals surface area (Å²) in [6.45, 7) is 4.97. The minimum atomic E-state index is 0.113. The number of pyridine rings is 1. The number of likely N-dealkylation sites (tertiary alicyclic amines) is 1. The summed E-state index contributed by atoms with van der Waals surface area (Å²) >= 11 is 0. The Morgan fingerprint density at radius 2 is 2.04 bits per heavy atom. The van der Waals surface area contributed by atoms with E-state index in [9.17, 15) is 4.79 Å². The van der Waals surface area contributed by atoms with Crippen molar-refractivity contribution in [2.45, 2.75) is 38.5 Å². The molecule has 0 aromatic carbocycles. The number of rotatable bonds is 4. The molecule has 7 nitrogen and oxygen atoms in total. The Morgan fingerprint density at radius 3 is 2.86 bits per heavy atom. The fourth-order valence-electron chi connectivity index (χ4n) is 4.00. The molecule has 7 heteroatoms. The molecule has 2 aliphatic heterocycles. The van der Waals surface area contributed by atoms with Gasteiger partial charge < -0.3 is 15.0 Å². The first-order valence-electron chi connectivity index (χ1n) is 10.1. The quantitative estimate of drug-likeness (QED) is 0.877. The molecular weight excluding hydrogens is 354 g/mol. The molecule has 0 saturated carbocycles. The average Bonchev–Trinajstić information content (AvgIpc) is 2.76. The summed E-state index contributed by atoms with van der Waals surface area (Å²) in [4.78, 5) is 28.3. The summed E-state index contributed by atoms with van der Waals surface area (Å²) in [6, 6.07) is 5.87. The number of nitrogens with zero attached hydrogens (tertiary/aromatic N) is 4. The van der Waals surface area contributed by atoms with Gasteiger partial charge in [-0.05, 0) is 50.3 Å². The van der Waals surface area contributed by atoms with Gasteiger partial charge in [-0.25, -0.2) is 15.0 Å². The fourth-order valence-corrected chi connectivity index (χ4v) is 4.00. The van der Waals surface area contributed by atoms with Gasteiger partial charge in [-0.15, -0.1) is 0 Å². The largest absolute Gasteiger partial charge is 0.381 e. The van der Waals surface area contributed by atoms with Gasteiger partial charge in [0.1, 0.15) is 5.82 Å². The zero-order chi connectivity index (χ0) is 19.3. The second-order valence-electron chi connectivity index (χ2n) is 7.61. The SMILES string of the molecule is Cc1cccnc1Nc1nccc([C@H]2CCCN(C(=O)C3CCOCC3)C2)n1. The number of anilines is 2. The fraction of sp³-hybridized carbons (Fsp3) is 0.524. The molecular formula is C21H27N5O2. The van der Waals surface area contributed by atoms with Gasteiger partial charge in [-0.1, -0.05) is 6.07 Å². The third-order valence-electron chi connectivity index (χ3n) is 5.64. The van der Waals surface area contributed by atoms with Crippen LogP contribution in [0.2, 0.25) is 0 Å². The van der Waals surface area contributed by atoms with E-state index in [1.54, 1.807) is 12.4 Å². The lowest BCUT2D eigenvalue weighted by Gasteiger charge is -2.35. The molecule has 0 unspecified atom stereocenters. The Labute approximate surface area is 165 Å². The van der Waals surface area contributed by atoms with Gasteiger partial charge in [0, 0.05) is 50.5 Å². The van der Waals surface area contributed by atoms with Crippen molar-refractivity contribution < 1.29 is 9.53 Å². The van der Waals surface area contributed by atoms with E-state index in [4.69, 9.17) is 9.72 Å². The van der Waals surface area contributed by atoms with Crippen LogP contribution in [0.5, 0.6) is 0 Å². The Bertz CT molecular complexity index is 822. The lowest BCUT2D eigenvalue weighted by molar-refractivity contribution is -0.139. The van der Waals surface area contributed by atoms with Crippen molar-refractivity contribution in [3.63, 3.8) is 0 Å². The molecule has 1 atom stereocenters. The van der Waals surface area contributed by atoms with Crippen LogP contribution < -0.4 is 5.32 Å². The molecule has 28 heavy (non-hydrogen) atoms. The van der Waals surface area contributed by atoms with E-state index >= 15 is 0 Å². The van der Waals surface area contributed by atoms with E-state index in [1.807, 2.05) is 30.0 Å². The summed E-state index contributed by atoms with van der Waals surface area (Å²) in [5, 5.41) is 3.21. The number of hydrogen-bond donors (Lipinski definition) is 1. The normalized spacial score (nSPS) is 20.8. The number of aromatic nitrogens is 3. The Hall–Kier alpha value is -2.54. The lowest BCUT2D eigenvalue weighted by atomic mass is 9.92. The molecule has 2 saturated heterocycles. The minimum Gasteiger partial charge on any atom is -0.381 e. The molecule has 2 aromatic heterocycles. The molecule has 2 fully saturated rings. The molecule has 1 N–H and O–H groups in total. The first kappa shape index (κ1) is 18.8. The van der Waals surface area contributed by atoms with E-state index in [-0.39, 0.29) is 17.7 Å². The number of nitrogens with one attached hydrogen (secondary N) is 1. The minimum absolute atomic E-state index is 0.113. The van der Waals surface area contributed by atoms with Crippen LogP contribution in [0.25, 0.3) is 0 Å². The van der Waals surface area contributed by atoms with Crippen molar-refractivity contribution in [3.05, 3.63) is 41.9 Å². The number of carbonyl (C=O) groups is 1. The van der Waals surface area contributed by atoms with Gasteiger partial charge in [0.25, 0.3) is 0 Å². The molecule has 2 aromatic rings. The van der Waals surface area contributed by atoms with Crippen LogP contribution >= 0.6 is 0 Å². The van der Waals surface area contributed by atoms with Crippen LogP contribution in [0.3, 0.4) is 0 Å². The average molecular weight is 381 g/mol. The van der Waals surface area contributed by atoms with Crippen LogP contribution in [0, 0.1) is 12.8 Å². The summed E-state index contributed by atoms with van der Waals surface area (Å²) in [5.41, 5.74) is 2.03. The predicted molar refractivity (Wildman–Crippen MR) is 106 cm³/mol. The summed E-state index contributed by atoms with van der Waals surface area (Å²) in [5.74, 6) is 1.95. The molecule has 4 heterocycles. The van der Waals surface area contributed by atoms with Crippen LogP contribution in [-0.2, 0) is 9.53 Å². The van der Waals surface area contributed by atoms with Crippen LogP contribution in [-0.4, -0.2) is 52.1 Å². The molecule has 1 amide bonds. The van der Waals surface area contributed by atoms with E-state index < -0.39 is 0 Å². The Kier molecular flexibility index (Phi) is 5.81. The summed E-state index contributed by atoms with van der Waals surface area (Å²) in [6.07, 6.45) is 7.25. The van der Waals surface area contributed by atoms with Crippen LogP contribution in [0.15, 0.2) is 30.6 Å². The molecule has 0 bridgehead atoms. The maximum atomic E-state index is 12.9. The zero-order valence-electron chi connectivity index (χ0n) is 16.3. The van der Waals surface area contributed by atoms with Gasteiger partial charge in [0.15, 0.2) is 0 Å². The van der Waals surface area contributed by atoms with Gasteiger partial charge in [-0.3, -0.25) is 4.79 Å². The van der Waals surface area contributed by atoms with Crippen LogP contribution in [0.4, 0.5) is 11.8 Å². The highest BCUT2D eigenvalue weighted by molar-refractivity contribution is 5.79. The van der Waals surface area contributed by atoms with E-state index in [1.165, 1.54) is 0 Å². The zero-order valence-corrected chi connectivity index (χ0v) is 16.3. The van der Waals surface area contributed by atoms with E-state index in [0.29, 0.717) is 19.2 Å². The number of piperidine rings is 1. The smallest absolute Gasteiger partial charge is 0.228 e. The number of hydrogen-bond acceptors (Lipinski definition) is 6. The van der Waals surface area contributed by atoms with Crippen molar-refractivity contribution in [2.75, 3.05) is 31.6 Å². The highest BCUT2D eigenvalue weighted by Crippen LogP contribution is 2.28. The molecule has 4 rings (SSSR count). The maximum Gasteiger partial charge on any atom is 0.228 e. The molecule has 0 aliphatic carbocycles. The third-order valence-corrected chi connectivity index (χ3v) is 5.64. The summed E-state index contributed by atoms with van der Waals surface area (Å²) < 4.78 is 5.40. The summed E-state index contributed by atoms with van der Waals surface area (Å²) in [7, 11) is 0. The van der Waals surface area contributed by atoms with Gasteiger partial charge in [0.05, 0.1) is 5.69 Å². The molecule has 148 valence electrons. The third kappa shape index (κ3) is 4.30. The van der Waals surface area contributed by atoms with Gasteiger partial charge in [0.2, 0.25) is 11.9 Å². The number of amides is 1. The van der Waals surface area contributed by atoms with Crippen LogP contribution in [0.1, 0.15) is 42.9 Å². The first-order chi connectivity index (χ1) is 13.7. The molecule has 0 spiro atoms. The van der Waals surface area contributed by atoms with Gasteiger partial charge in [-0.2, -0.15) is 0 Å². The second-order valence-corrected chi connectivity index (χ2v) is 7.61. The number of carbonyl (C=O) groups excluding carboxylic acids is 1. The molecule has 2 aliphatic rings. The maximum absolute atomic E-state index is 12.9. The van der Waals surface area contributed by atoms with E-state index in [0.717, 1.165) is 55.8 Å². The second kappa shape index (κ2) is 8.65. The highest BCUT2D eigenvalue weighted by atomic mass is 16.5. The highest BCUT2D eigenvalue weighted by Gasteiger charge is 2.31. The van der Waals surface area contributed by atoms with Crippen molar-refractivity contribution in [2.24, 2.45) is 5.92 Å². The standard InChI is InChI=1S/C21H27N5O2/c1-15-4-2-9-22-19(15)25-21-23-10-6-18(24-21)17-5-3-11-26(14-17)20(27)16-7-12-28-13-8-16/h2,4,6,9-10,16-17H,3,5,7-8,11-14H2,1H3,(H,22,23,24,25)/t17-/m0/s1. The van der Waals surface area contributed by atoms with E-state index in [2.05, 4.69) is 15.3 Å². The van der Waals surface area contributed by atoms with Crippen molar-refractivity contribution in [1.29, 1.82) is 0 Å². The van der Waals surface area contributed by atoms with Crippen molar-refractivity contribution in [3.8, 4) is 0 Å². The lowest BCUT2D eigenvalue weighted by Crippen LogP contribution is -2.43. The molecule has 0 radical (unpaired) electrons. The first-order valence-corrected chi connectivity index (χ1v) is 10.1. The van der Waals surface area contributed by atoms with Crippen molar-refractivity contribution in [1.82, 2.24) is 19.9 Å². The monoisotopic (exact) mass is 381 g/mol. The topological polar surface area (TPSA) is 80.2 Å². The number of aryl methyl sites for hydroxylation is 1. The number of ether oxygens (including phenoxy) is 1. The Morgan fingerprint density at radius 1 is 1.18 bits per heavy atom. The predicted octanol–water partition coefficient (Wildman–Crippen LogP) is 3.06. The van der Waals surface area contributed by atoms with Gasteiger partial charge >= 0.3 is 0 Å². The van der Waals surface area contributed by atoms with Crippen molar-refractivity contribution >= 4 is 17.7 Å². The Balaban J connectivity index is 1.45.